The van der Waals surface area contributed by atoms with Crippen LogP contribution in [0.15, 0.2) is 30.3 Å². The first-order valence-corrected chi connectivity index (χ1v) is 8.85. The Hall–Kier alpha value is -1.78. The van der Waals surface area contributed by atoms with Gasteiger partial charge in [0, 0.05) is 34.2 Å². The number of carbonyl (C=O) groups is 1. The molecule has 0 saturated heterocycles. The largest absolute Gasteiger partial charge is 0.349 e. The van der Waals surface area contributed by atoms with Gasteiger partial charge in [0.15, 0.2) is 0 Å². The van der Waals surface area contributed by atoms with Gasteiger partial charge < -0.3 is 15.6 Å². The van der Waals surface area contributed by atoms with E-state index in [2.05, 4.69) is 9.88 Å². The number of carbonyl (C=O) groups excluding carboxylic acids is 1. The predicted molar refractivity (Wildman–Crippen MR) is 98.0 cm³/mol. The number of aromatic nitrogens is 1. The summed E-state index contributed by atoms with van der Waals surface area (Å²) in [5.74, 6) is 0.00350. The molecule has 2 aromatic rings. The highest BCUT2D eigenvalue weighted by molar-refractivity contribution is 6.30. The molecule has 1 heterocycles. The van der Waals surface area contributed by atoms with Gasteiger partial charge in [-0.05, 0) is 69.9 Å². The minimum atomic E-state index is 0.00350. The molecule has 5 heteroatoms. The molecule has 1 aromatic carbocycles. The molecule has 1 fully saturated rings. The smallest absolute Gasteiger partial charge is 0.253 e. The van der Waals surface area contributed by atoms with Gasteiger partial charge in [-0.3, -0.25) is 4.79 Å². The molecule has 1 aliphatic carbocycles. The van der Waals surface area contributed by atoms with E-state index >= 15 is 0 Å². The fourth-order valence-electron chi connectivity index (χ4n) is 3.51. The zero-order valence-electron chi connectivity index (χ0n) is 14.2. The van der Waals surface area contributed by atoms with Gasteiger partial charge in [0.05, 0.1) is 5.56 Å². The number of aryl methyl sites for hydroxylation is 1. The molecule has 1 saturated carbocycles. The van der Waals surface area contributed by atoms with E-state index in [1.165, 1.54) is 0 Å². The summed E-state index contributed by atoms with van der Waals surface area (Å²) in [4.78, 5) is 12.7. The molecule has 1 aliphatic rings. The van der Waals surface area contributed by atoms with Crippen molar-refractivity contribution in [2.24, 2.45) is 5.73 Å². The Labute approximate surface area is 148 Å². The first-order chi connectivity index (χ1) is 11.5. The van der Waals surface area contributed by atoms with Gasteiger partial charge >= 0.3 is 0 Å². The third-order valence-corrected chi connectivity index (χ3v) is 5.12. The summed E-state index contributed by atoms with van der Waals surface area (Å²) in [6, 6.07) is 10.1. The molecule has 0 bridgehead atoms. The Balaban J connectivity index is 1.80. The lowest BCUT2D eigenvalue weighted by Crippen LogP contribution is -2.40. The monoisotopic (exact) mass is 345 g/mol. The van der Waals surface area contributed by atoms with E-state index < -0.39 is 0 Å². The van der Waals surface area contributed by atoms with Crippen LogP contribution in [0.5, 0.6) is 0 Å². The maximum Gasteiger partial charge on any atom is 0.253 e. The molecule has 24 heavy (non-hydrogen) atoms. The van der Waals surface area contributed by atoms with Gasteiger partial charge in [0.25, 0.3) is 5.91 Å². The lowest BCUT2D eigenvalue weighted by Gasteiger charge is -2.26. The van der Waals surface area contributed by atoms with Crippen LogP contribution < -0.4 is 11.1 Å². The average molecular weight is 346 g/mol. The summed E-state index contributed by atoms with van der Waals surface area (Å²) >= 11 is 5.97. The third-order valence-electron chi connectivity index (χ3n) is 4.87. The van der Waals surface area contributed by atoms with Crippen molar-refractivity contribution in [2.75, 3.05) is 0 Å². The first kappa shape index (κ1) is 17.1. The fourth-order valence-corrected chi connectivity index (χ4v) is 3.63. The minimum absolute atomic E-state index is 0.00350. The third kappa shape index (κ3) is 3.50. The summed E-state index contributed by atoms with van der Waals surface area (Å²) < 4.78 is 2.09. The number of rotatable bonds is 3. The van der Waals surface area contributed by atoms with Crippen LogP contribution in [-0.2, 0) is 0 Å². The van der Waals surface area contributed by atoms with Crippen LogP contribution in [-0.4, -0.2) is 22.6 Å². The molecule has 3 rings (SSSR count). The highest BCUT2D eigenvalue weighted by atomic mass is 35.5. The number of halogens is 1. The normalized spacial score (nSPS) is 20.8. The second-order valence-corrected chi connectivity index (χ2v) is 7.12. The number of nitrogens with one attached hydrogen (secondary N) is 1. The van der Waals surface area contributed by atoms with E-state index in [1.54, 1.807) is 0 Å². The van der Waals surface area contributed by atoms with E-state index in [0.717, 1.165) is 48.3 Å². The van der Waals surface area contributed by atoms with Crippen LogP contribution in [0.2, 0.25) is 5.02 Å². The number of benzene rings is 1. The van der Waals surface area contributed by atoms with Crippen molar-refractivity contribution in [1.29, 1.82) is 0 Å². The van der Waals surface area contributed by atoms with Crippen LogP contribution in [0.4, 0.5) is 0 Å². The zero-order valence-corrected chi connectivity index (χ0v) is 14.9. The lowest BCUT2D eigenvalue weighted by atomic mass is 9.91. The maximum atomic E-state index is 12.7. The summed E-state index contributed by atoms with van der Waals surface area (Å²) in [7, 11) is 0. The van der Waals surface area contributed by atoms with E-state index in [4.69, 9.17) is 17.3 Å². The Morgan fingerprint density at radius 2 is 1.79 bits per heavy atom. The maximum absolute atomic E-state index is 12.7. The molecule has 0 aliphatic heterocycles. The van der Waals surface area contributed by atoms with E-state index in [1.807, 2.05) is 44.2 Å². The number of hydrogen-bond donors (Lipinski definition) is 2. The van der Waals surface area contributed by atoms with Crippen LogP contribution in [0, 0.1) is 13.8 Å². The molecule has 0 radical (unpaired) electrons. The highest BCUT2D eigenvalue weighted by Crippen LogP contribution is 2.23. The summed E-state index contributed by atoms with van der Waals surface area (Å²) in [6.07, 6.45) is 3.88. The Morgan fingerprint density at radius 1 is 1.17 bits per heavy atom. The van der Waals surface area contributed by atoms with Gasteiger partial charge in [-0.1, -0.05) is 11.6 Å². The van der Waals surface area contributed by atoms with Crippen molar-refractivity contribution >= 4 is 17.5 Å². The summed E-state index contributed by atoms with van der Waals surface area (Å²) in [5.41, 5.74) is 9.66. The van der Waals surface area contributed by atoms with Gasteiger partial charge in [-0.25, -0.2) is 0 Å². The van der Waals surface area contributed by atoms with E-state index in [0.29, 0.717) is 5.02 Å². The molecule has 1 amide bonds. The first-order valence-electron chi connectivity index (χ1n) is 8.47. The van der Waals surface area contributed by atoms with E-state index in [9.17, 15) is 4.79 Å². The molecule has 128 valence electrons. The van der Waals surface area contributed by atoms with Crippen molar-refractivity contribution in [1.82, 2.24) is 9.88 Å². The topological polar surface area (TPSA) is 60.1 Å². The fraction of sp³-hybridized carbons (Fsp3) is 0.421. The van der Waals surface area contributed by atoms with E-state index in [-0.39, 0.29) is 18.0 Å². The summed E-state index contributed by atoms with van der Waals surface area (Å²) in [6.45, 7) is 3.99. The lowest BCUT2D eigenvalue weighted by molar-refractivity contribution is 0.0925. The van der Waals surface area contributed by atoms with Crippen molar-refractivity contribution in [3.63, 3.8) is 0 Å². The van der Waals surface area contributed by atoms with Crippen molar-refractivity contribution in [3.05, 3.63) is 52.3 Å². The Morgan fingerprint density at radius 3 is 2.42 bits per heavy atom. The zero-order chi connectivity index (χ0) is 17.3. The molecule has 0 spiro atoms. The standard InChI is InChI=1S/C19H24ClN3O/c1-12-11-18(19(24)22-16-7-5-15(21)6-8-16)13(2)23(12)17-9-3-14(20)4-10-17/h3-4,9-11,15-16H,5-8,21H2,1-2H3,(H,22,24). The second-order valence-electron chi connectivity index (χ2n) is 6.68. The van der Waals surface area contributed by atoms with Crippen LogP contribution >= 0.6 is 11.6 Å². The number of amides is 1. The van der Waals surface area contributed by atoms with Crippen LogP contribution in [0.3, 0.4) is 0 Å². The molecule has 1 aromatic heterocycles. The minimum Gasteiger partial charge on any atom is -0.349 e. The SMILES string of the molecule is Cc1cc(C(=O)NC2CCC(N)CC2)c(C)n1-c1ccc(Cl)cc1. The quantitative estimate of drug-likeness (QED) is 0.890. The van der Waals surface area contributed by atoms with Crippen molar-refractivity contribution < 1.29 is 4.79 Å². The van der Waals surface area contributed by atoms with Crippen molar-refractivity contribution in [3.8, 4) is 5.69 Å². The molecular formula is C19H24ClN3O. The number of hydrogen-bond acceptors (Lipinski definition) is 2. The molecule has 0 atom stereocenters. The predicted octanol–water partition coefficient (Wildman–Crippen LogP) is 3.75. The number of nitrogens with two attached hydrogens (primary N) is 1. The van der Waals surface area contributed by atoms with Gasteiger partial charge in [0.2, 0.25) is 0 Å². The highest BCUT2D eigenvalue weighted by Gasteiger charge is 2.23. The van der Waals surface area contributed by atoms with Gasteiger partial charge in [0.1, 0.15) is 0 Å². The second kappa shape index (κ2) is 6.99. The van der Waals surface area contributed by atoms with Crippen LogP contribution in [0.25, 0.3) is 5.69 Å². The average Bonchev–Trinajstić information content (AvgIpc) is 2.85. The molecule has 3 N–H and O–H groups in total. The Bertz CT molecular complexity index is 728. The Kier molecular flexibility index (Phi) is 4.97. The number of nitrogens with zero attached hydrogens (tertiary/aromatic N) is 1. The summed E-state index contributed by atoms with van der Waals surface area (Å²) in [5, 5.41) is 3.87. The van der Waals surface area contributed by atoms with Gasteiger partial charge in [-0.2, -0.15) is 0 Å². The van der Waals surface area contributed by atoms with Crippen LogP contribution in [0.1, 0.15) is 47.4 Å². The molecule has 0 unspecified atom stereocenters. The van der Waals surface area contributed by atoms with Crippen molar-refractivity contribution in [2.45, 2.75) is 51.6 Å². The van der Waals surface area contributed by atoms with Gasteiger partial charge in [-0.15, -0.1) is 0 Å². The molecule has 4 nitrogen and oxygen atoms in total. The molecular weight excluding hydrogens is 322 g/mol.